The molecule has 0 saturated heterocycles. The molecule has 0 spiro atoms. The van der Waals surface area contributed by atoms with E-state index in [0.717, 1.165) is 18.5 Å². The third-order valence-corrected chi connectivity index (χ3v) is 2.98. The second-order valence-electron chi connectivity index (χ2n) is 5.20. The molecular formula is C14H19N3O. The predicted molar refractivity (Wildman–Crippen MR) is 71.6 cm³/mol. The summed E-state index contributed by atoms with van der Waals surface area (Å²) in [5.41, 5.74) is 1.33. The lowest BCUT2D eigenvalue weighted by atomic mass is 9.98. The Hall–Kier alpha value is -1.84. The summed E-state index contributed by atoms with van der Waals surface area (Å²) in [6.07, 6.45) is 7.38. The zero-order valence-electron chi connectivity index (χ0n) is 11.1. The van der Waals surface area contributed by atoms with Gasteiger partial charge in [0.05, 0.1) is 5.56 Å². The van der Waals surface area contributed by atoms with E-state index in [1.165, 1.54) is 0 Å². The predicted octanol–water partition coefficient (Wildman–Crippen LogP) is 2.64. The molecule has 0 saturated carbocycles. The third-order valence-electron chi connectivity index (χ3n) is 2.98. The number of carbonyl (C=O) groups is 1. The van der Waals surface area contributed by atoms with Gasteiger partial charge in [0.1, 0.15) is 5.65 Å². The molecule has 1 amide bonds. The van der Waals surface area contributed by atoms with Gasteiger partial charge in [0.15, 0.2) is 0 Å². The summed E-state index contributed by atoms with van der Waals surface area (Å²) >= 11 is 0. The number of nitrogens with zero attached hydrogens (tertiary/aromatic N) is 2. The van der Waals surface area contributed by atoms with Crippen LogP contribution < -0.4 is 5.32 Å². The topological polar surface area (TPSA) is 46.4 Å². The van der Waals surface area contributed by atoms with Crippen LogP contribution in [0.25, 0.3) is 5.65 Å². The fraction of sp³-hybridized carbons (Fsp3) is 0.429. The smallest absolute Gasteiger partial charge is 0.253 e. The minimum atomic E-state index is -0.171. The molecule has 0 atom stereocenters. The van der Waals surface area contributed by atoms with Crippen molar-refractivity contribution in [3.05, 3.63) is 36.3 Å². The summed E-state index contributed by atoms with van der Waals surface area (Å²) in [5.74, 6) is -0.0379. The Bertz CT molecular complexity index is 557. The van der Waals surface area contributed by atoms with Crippen molar-refractivity contribution in [3.63, 3.8) is 0 Å². The van der Waals surface area contributed by atoms with E-state index in [1.807, 2.05) is 30.5 Å². The van der Waals surface area contributed by atoms with E-state index < -0.39 is 0 Å². The van der Waals surface area contributed by atoms with Crippen LogP contribution in [0, 0.1) is 0 Å². The SMILES string of the molecule is CCCC(C)(C)NC(=O)c1ccc2nccn2c1. The lowest BCUT2D eigenvalue weighted by Gasteiger charge is -2.25. The van der Waals surface area contributed by atoms with Crippen molar-refractivity contribution in [1.29, 1.82) is 0 Å². The quantitative estimate of drug-likeness (QED) is 0.900. The van der Waals surface area contributed by atoms with Crippen LogP contribution in [0.1, 0.15) is 44.0 Å². The van der Waals surface area contributed by atoms with Crippen molar-refractivity contribution in [1.82, 2.24) is 14.7 Å². The number of carbonyl (C=O) groups excluding carboxylic acids is 1. The molecule has 0 aliphatic carbocycles. The third kappa shape index (κ3) is 2.70. The average molecular weight is 245 g/mol. The summed E-state index contributed by atoms with van der Waals surface area (Å²) in [4.78, 5) is 16.3. The molecule has 4 nitrogen and oxygen atoms in total. The molecule has 2 aromatic rings. The highest BCUT2D eigenvalue weighted by Crippen LogP contribution is 2.12. The fourth-order valence-corrected chi connectivity index (χ4v) is 2.12. The van der Waals surface area contributed by atoms with Gasteiger partial charge in [-0.15, -0.1) is 0 Å². The average Bonchev–Trinajstić information content (AvgIpc) is 2.74. The summed E-state index contributed by atoms with van der Waals surface area (Å²) < 4.78 is 1.85. The standard InChI is InChI=1S/C14H19N3O/c1-4-7-14(2,3)16-13(18)11-5-6-12-15-8-9-17(12)10-11/h5-6,8-10H,4,7H2,1-3H3,(H,16,18). The largest absolute Gasteiger partial charge is 0.347 e. The second kappa shape index (κ2) is 4.80. The molecule has 0 aliphatic heterocycles. The number of imidazole rings is 1. The van der Waals surface area contributed by atoms with Gasteiger partial charge in [-0.05, 0) is 32.4 Å². The van der Waals surface area contributed by atoms with Crippen LogP contribution in [0.5, 0.6) is 0 Å². The molecule has 2 aromatic heterocycles. The fourth-order valence-electron chi connectivity index (χ4n) is 2.12. The Labute approximate surface area is 107 Å². The number of fused-ring (bicyclic) bond motifs is 1. The molecule has 2 rings (SSSR count). The molecule has 4 heteroatoms. The van der Waals surface area contributed by atoms with Gasteiger partial charge in [0, 0.05) is 24.1 Å². The van der Waals surface area contributed by atoms with Crippen molar-refractivity contribution >= 4 is 11.6 Å². The maximum Gasteiger partial charge on any atom is 0.253 e. The number of aromatic nitrogens is 2. The van der Waals surface area contributed by atoms with Crippen LogP contribution in [0.15, 0.2) is 30.7 Å². The van der Waals surface area contributed by atoms with E-state index in [0.29, 0.717) is 5.56 Å². The van der Waals surface area contributed by atoms with Crippen molar-refractivity contribution in [2.24, 2.45) is 0 Å². The highest BCUT2D eigenvalue weighted by atomic mass is 16.1. The van der Waals surface area contributed by atoms with Crippen LogP contribution >= 0.6 is 0 Å². The zero-order valence-corrected chi connectivity index (χ0v) is 11.1. The van der Waals surface area contributed by atoms with Gasteiger partial charge >= 0.3 is 0 Å². The molecule has 1 N–H and O–H groups in total. The van der Waals surface area contributed by atoms with Crippen LogP contribution in [0.2, 0.25) is 0 Å². The molecule has 2 heterocycles. The molecule has 18 heavy (non-hydrogen) atoms. The second-order valence-corrected chi connectivity index (χ2v) is 5.20. The maximum atomic E-state index is 12.2. The van der Waals surface area contributed by atoms with E-state index in [9.17, 15) is 4.79 Å². The van der Waals surface area contributed by atoms with E-state index in [-0.39, 0.29) is 11.4 Å². The summed E-state index contributed by atoms with van der Waals surface area (Å²) in [5, 5.41) is 3.06. The van der Waals surface area contributed by atoms with E-state index >= 15 is 0 Å². The van der Waals surface area contributed by atoms with Crippen LogP contribution in [-0.2, 0) is 0 Å². The summed E-state index contributed by atoms with van der Waals surface area (Å²) in [6.45, 7) is 6.21. The van der Waals surface area contributed by atoms with Gasteiger partial charge in [-0.2, -0.15) is 0 Å². The molecule has 96 valence electrons. The normalized spacial score (nSPS) is 11.7. The summed E-state index contributed by atoms with van der Waals surface area (Å²) in [6, 6.07) is 3.65. The number of rotatable bonds is 4. The molecule has 0 bridgehead atoms. The first-order valence-corrected chi connectivity index (χ1v) is 6.27. The van der Waals surface area contributed by atoms with E-state index in [4.69, 9.17) is 0 Å². The molecule has 0 aromatic carbocycles. The molecular weight excluding hydrogens is 226 g/mol. The zero-order chi connectivity index (χ0) is 13.2. The van der Waals surface area contributed by atoms with E-state index in [1.54, 1.807) is 18.5 Å². The number of hydrogen-bond acceptors (Lipinski definition) is 2. The number of nitrogens with one attached hydrogen (secondary N) is 1. The van der Waals surface area contributed by atoms with E-state index in [2.05, 4.69) is 17.2 Å². The van der Waals surface area contributed by atoms with Gasteiger partial charge in [-0.1, -0.05) is 13.3 Å². The van der Waals surface area contributed by atoms with Gasteiger partial charge < -0.3 is 9.72 Å². The highest BCUT2D eigenvalue weighted by Gasteiger charge is 2.20. The monoisotopic (exact) mass is 245 g/mol. The van der Waals surface area contributed by atoms with Gasteiger partial charge in [0.25, 0.3) is 5.91 Å². The van der Waals surface area contributed by atoms with Crippen LogP contribution in [-0.4, -0.2) is 20.8 Å². The Kier molecular flexibility index (Phi) is 3.36. The van der Waals surface area contributed by atoms with Crippen molar-refractivity contribution in [2.75, 3.05) is 0 Å². The minimum absolute atomic E-state index is 0.0379. The van der Waals surface area contributed by atoms with Gasteiger partial charge in [0.2, 0.25) is 0 Å². The van der Waals surface area contributed by atoms with Crippen molar-refractivity contribution < 1.29 is 4.79 Å². The van der Waals surface area contributed by atoms with Gasteiger partial charge in [-0.25, -0.2) is 4.98 Å². The van der Waals surface area contributed by atoms with Crippen LogP contribution in [0.3, 0.4) is 0 Å². The highest BCUT2D eigenvalue weighted by molar-refractivity contribution is 5.94. The van der Waals surface area contributed by atoms with Gasteiger partial charge in [-0.3, -0.25) is 4.79 Å². The number of amides is 1. The summed E-state index contributed by atoms with van der Waals surface area (Å²) in [7, 11) is 0. The molecule has 0 radical (unpaired) electrons. The Morgan fingerprint density at radius 3 is 2.94 bits per heavy atom. The Balaban J connectivity index is 2.17. The Morgan fingerprint density at radius 2 is 2.22 bits per heavy atom. The first-order valence-electron chi connectivity index (χ1n) is 6.27. The lowest BCUT2D eigenvalue weighted by Crippen LogP contribution is -2.43. The Morgan fingerprint density at radius 1 is 1.44 bits per heavy atom. The first kappa shape index (κ1) is 12.6. The maximum absolute atomic E-state index is 12.2. The molecule has 0 aliphatic rings. The van der Waals surface area contributed by atoms with Crippen molar-refractivity contribution in [3.8, 4) is 0 Å². The molecule has 0 fully saturated rings. The number of hydrogen-bond donors (Lipinski definition) is 1. The lowest BCUT2D eigenvalue weighted by molar-refractivity contribution is 0.0908. The van der Waals surface area contributed by atoms with Crippen molar-refractivity contribution in [2.45, 2.75) is 39.2 Å². The number of pyridine rings is 1. The molecule has 0 unspecified atom stereocenters. The van der Waals surface area contributed by atoms with Crippen LogP contribution in [0.4, 0.5) is 0 Å². The first-order chi connectivity index (χ1) is 8.52. The minimum Gasteiger partial charge on any atom is -0.347 e.